The molecule has 0 radical (unpaired) electrons. The normalized spacial score (nSPS) is 10.1. The quantitative estimate of drug-likeness (QED) is 0.699. The summed E-state index contributed by atoms with van der Waals surface area (Å²) in [7, 11) is 0. The van der Waals surface area contributed by atoms with E-state index >= 15 is 0 Å². The van der Waals surface area contributed by atoms with Crippen molar-refractivity contribution in [2.24, 2.45) is 0 Å². The average molecular weight is 240 g/mol. The van der Waals surface area contributed by atoms with Crippen LogP contribution in [-0.2, 0) is 11.3 Å². The minimum atomic E-state index is 0.0129. The van der Waals surface area contributed by atoms with Crippen molar-refractivity contribution in [3.63, 3.8) is 0 Å². The second-order valence-corrected chi connectivity index (χ2v) is 4.06. The molecule has 3 heteroatoms. The zero-order chi connectivity index (χ0) is 11.8. The summed E-state index contributed by atoms with van der Waals surface area (Å²) < 4.78 is 0. The van der Waals surface area contributed by atoms with Gasteiger partial charge in [-0.15, -0.1) is 11.6 Å². The zero-order valence-corrected chi connectivity index (χ0v) is 10.4. The van der Waals surface area contributed by atoms with Crippen LogP contribution in [0.15, 0.2) is 30.3 Å². The van der Waals surface area contributed by atoms with E-state index in [9.17, 15) is 4.79 Å². The number of carbonyl (C=O) groups is 1. The van der Waals surface area contributed by atoms with E-state index in [2.05, 4.69) is 6.92 Å². The fourth-order valence-corrected chi connectivity index (χ4v) is 1.70. The minimum Gasteiger partial charge on any atom is -0.337 e. The molecule has 1 rings (SSSR count). The number of benzene rings is 1. The van der Waals surface area contributed by atoms with Gasteiger partial charge in [-0.3, -0.25) is 4.79 Å². The molecular weight excluding hydrogens is 222 g/mol. The highest BCUT2D eigenvalue weighted by Crippen LogP contribution is 2.06. The zero-order valence-electron chi connectivity index (χ0n) is 9.66. The van der Waals surface area contributed by atoms with Crippen molar-refractivity contribution in [3.05, 3.63) is 35.9 Å². The number of nitrogens with zero attached hydrogens (tertiary/aromatic N) is 1. The van der Waals surface area contributed by atoms with Gasteiger partial charge >= 0.3 is 0 Å². The first-order chi connectivity index (χ1) is 7.77. The SMILES string of the molecule is CCCCN(Cc1ccccc1)C(=O)CCl. The average Bonchev–Trinajstić information content (AvgIpc) is 2.34. The Morgan fingerprint density at radius 1 is 1.31 bits per heavy atom. The van der Waals surface area contributed by atoms with Crippen molar-refractivity contribution < 1.29 is 4.79 Å². The van der Waals surface area contributed by atoms with Crippen LogP contribution in [0.2, 0.25) is 0 Å². The largest absolute Gasteiger partial charge is 0.337 e. The predicted molar refractivity (Wildman–Crippen MR) is 67.5 cm³/mol. The van der Waals surface area contributed by atoms with Gasteiger partial charge in [0.2, 0.25) is 5.91 Å². The number of hydrogen-bond donors (Lipinski definition) is 0. The van der Waals surface area contributed by atoms with E-state index in [0.717, 1.165) is 24.9 Å². The molecule has 0 aliphatic heterocycles. The van der Waals surface area contributed by atoms with Gasteiger partial charge in [0.15, 0.2) is 0 Å². The van der Waals surface area contributed by atoms with E-state index in [1.54, 1.807) is 0 Å². The Bertz CT molecular complexity index is 313. The summed E-state index contributed by atoms with van der Waals surface area (Å²) in [6.07, 6.45) is 2.11. The molecule has 0 spiro atoms. The number of unbranched alkanes of at least 4 members (excludes halogenated alkanes) is 1. The third-order valence-corrected chi connectivity index (χ3v) is 2.69. The van der Waals surface area contributed by atoms with E-state index in [-0.39, 0.29) is 11.8 Å². The number of halogens is 1. The molecule has 88 valence electrons. The smallest absolute Gasteiger partial charge is 0.237 e. The molecule has 0 aliphatic rings. The second-order valence-electron chi connectivity index (χ2n) is 3.79. The molecule has 0 bridgehead atoms. The maximum absolute atomic E-state index is 11.6. The highest BCUT2D eigenvalue weighted by atomic mass is 35.5. The van der Waals surface area contributed by atoms with Crippen molar-refractivity contribution in [2.75, 3.05) is 12.4 Å². The van der Waals surface area contributed by atoms with Gasteiger partial charge in [-0.1, -0.05) is 43.7 Å². The fourth-order valence-electron chi connectivity index (χ4n) is 1.53. The molecule has 0 atom stereocenters. The van der Waals surface area contributed by atoms with E-state index < -0.39 is 0 Å². The molecule has 1 amide bonds. The van der Waals surface area contributed by atoms with Crippen molar-refractivity contribution in [1.82, 2.24) is 4.90 Å². The van der Waals surface area contributed by atoms with Crippen molar-refractivity contribution in [3.8, 4) is 0 Å². The molecule has 0 aromatic heterocycles. The lowest BCUT2D eigenvalue weighted by atomic mass is 10.2. The molecule has 2 nitrogen and oxygen atoms in total. The molecule has 1 aromatic carbocycles. The molecule has 0 N–H and O–H groups in total. The van der Waals surface area contributed by atoms with Crippen LogP contribution in [0.5, 0.6) is 0 Å². The number of rotatable bonds is 6. The molecule has 0 fully saturated rings. The van der Waals surface area contributed by atoms with Gasteiger partial charge in [0.05, 0.1) is 0 Å². The van der Waals surface area contributed by atoms with Crippen LogP contribution in [0.4, 0.5) is 0 Å². The van der Waals surface area contributed by atoms with Crippen LogP contribution < -0.4 is 0 Å². The van der Waals surface area contributed by atoms with E-state index in [1.165, 1.54) is 0 Å². The lowest BCUT2D eigenvalue weighted by Crippen LogP contribution is -2.32. The number of carbonyl (C=O) groups excluding carboxylic acids is 1. The summed E-state index contributed by atoms with van der Waals surface area (Å²) in [5.41, 5.74) is 1.15. The summed E-state index contributed by atoms with van der Waals surface area (Å²) in [6.45, 7) is 3.56. The van der Waals surface area contributed by atoms with E-state index in [1.807, 2.05) is 35.2 Å². The van der Waals surface area contributed by atoms with Crippen LogP contribution >= 0.6 is 11.6 Å². The second kappa shape index (κ2) is 7.29. The summed E-state index contributed by atoms with van der Waals surface area (Å²) >= 11 is 5.60. The molecule has 0 saturated heterocycles. The molecule has 0 unspecified atom stereocenters. The van der Waals surface area contributed by atoms with Crippen LogP contribution in [-0.4, -0.2) is 23.2 Å². The molecule has 1 aromatic rings. The molecular formula is C13H18ClNO. The van der Waals surface area contributed by atoms with Gasteiger partial charge < -0.3 is 4.90 Å². The van der Waals surface area contributed by atoms with Gasteiger partial charge in [0.25, 0.3) is 0 Å². The predicted octanol–water partition coefficient (Wildman–Crippen LogP) is 3.05. The maximum Gasteiger partial charge on any atom is 0.237 e. The highest BCUT2D eigenvalue weighted by Gasteiger charge is 2.11. The van der Waals surface area contributed by atoms with Crippen LogP contribution in [0.3, 0.4) is 0 Å². The number of amides is 1. The Morgan fingerprint density at radius 2 is 2.00 bits per heavy atom. The first-order valence-corrected chi connectivity index (χ1v) is 6.19. The van der Waals surface area contributed by atoms with E-state index in [0.29, 0.717) is 6.54 Å². The van der Waals surface area contributed by atoms with Gasteiger partial charge in [-0.05, 0) is 12.0 Å². The van der Waals surface area contributed by atoms with Crippen molar-refractivity contribution >= 4 is 17.5 Å². The fraction of sp³-hybridized carbons (Fsp3) is 0.462. The Morgan fingerprint density at radius 3 is 2.56 bits per heavy atom. The minimum absolute atomic E-state index is 0.0129. The Kier molecular flexibility index (Phi) is 5.94. The van der Waals surface area contributed by atoms with Crippen molar-refractivity contribution in [2.45, 2.75) is 26.3 Å². The maximum atomic E-state index is 11.6. The van der Waals surface area contributed by atoms with Crippen molar-refractivity contribution in [1.29, 1.82) is 0 Å². The summed E-state index contributed by atoms with van der Waals surface area (Å²) in [6, 6.07) is 10.0. The summed E-state index contributed by atoms with van der Waals surface area (Å²) in [5, 5.41) is 0. The van der Waals surface area contributed by atoms with E-state index in [4.69, 9.17) is 11.6 Å². The third kappa shape index (κ3) is 4.23. The topological polar surface area (TPSA) is 20.3 Å². The number of hydrogen-bond acceptors (Lipinski definition) is 1. The third-order valence-electron chi connectivity index (χ3n) is 2.46. The van der Waals surface area contributed by atoms with Gasteiger partial charge in [-0.25, -0.2) is 0 Å². The standard InChI is InChI=1S/C13H18ClNO/c1-2-3-9-15(13(16)10-14)11-12-7-5-4-6-8-12/h4-8H,2-3,9-11H2,1H3. The molecule has 0 heterocycles. The summed E-state index contributed by atoms with van der Waals surface area (Å²) in [5.74, 6) is 0.0790. The van der Waals surface area contributed by atoms with Gasteiger partial charge in [-0.2, -0.15) is 0 Å². The number of alkyl halides is 1. The molecule has 0 aliphatic carbocycles. The Balaban J connectivity index is 2.59. The first-order valence-electron chi connectivity index (χ1n) is 5.65. The Labute approximate surface area is 102 Å². The molecule has 16 heavy (non-hydrogen) atoms. The van der Waals surface area contributed by atoms with Gasteiger partial charge in [0.1, 0.15) is 5.88 Å². The highest BCUT2D eigenvalue weighted by molar-refractivity contribution is 6.27. The Hall–Kier alpha value is -1.02. The van der Waals surface area contributed by atoms with Crippen LogP contribution in [0.1, 0.15) is 25.3 Å². The van der Waals surface area contributed by atoms with Gasteiger partial charge in [0, 0.05) is 13.1 Å². The van der Waals surface area contributed by atoms with Crippen LogP contribution in [0, 0.1) is 0 Å². The monoisotopic (exact) mass is 239 g/mol. The summed E-state index contributed by atoms with van der Waals surface area (Å²) in [4.78, 5) is 13.4. The lowest BCUT2D eigenvalue weighted by molar-refractivity contribution is -0.129. The first kappa shape index (κ1) is 13.0. The lowest BCUT2D eigenvalue weighted by Gasteiger charge is -2.21. The van der Waals surface area contributed by atoms with Crippen LogP contribution in [0.25, 0.3) is 0 Å². The molecule has 0 saturated carbocycles.